The van der Waals surface area contributed by atoms with Gasteiger partial charge >= 0.3 is 5.97 Å². The Morgan fingerprint density at radius 2 is 1.73 bits per heavy atom. The van der Waals surface area contributed by atoms with Crippen LogP contribution in [0.3, 0.4) is 0 Å². The van der Waals surface area contributed by atoms with Crippen LogP contribution in [0.15, 0.2) is 67.3 Å². The zero-order chi connectivity index (χ0) is 15.6. The number of hydrogen-bond acceptors (Lipinski definition) is 4. The molecule has 0 radical (unpaired) electrons. The van der Waals surface area contributed by atoms with Crippen LogP contribution in [0.2, 0.25) is 0 Å². The van der Waals surface area contributed by atoms with Crippen LogP contribution in [0.25, 0.3) is 11.1 Å². The Labute approximate surface area is 129 Å². The maximum Gasteiger partial charge on any atom is 0.332 e. The molecular weight excluding hydrogens is 280 g/mol. The minimum absolute atomic E-state index is 0.103. The smallest absolute Gasteiger partial charge is 0.332 e. The van der Waals surface area contributed by atoms with Gasteiger partial charge in [0, 0.05) is 11.6 Å². The lowest BCUT2D eigenvalue weighted by Crippen LogP contribution is -2.11. The fourth-order valence-corrected chi connectivity index (χ4v) is 1.88. The van der Waals surface area contributed by atoms with E-state index in [1.54, 1.807) is 0 Å². The van der Waals surface area contributed by atoms with Crippen LogP contribution in [-0.4, -0.2) is 26.0 Å². The number of ether oxygens (including phenoxy) is 3. The van der Waals surface area contributed by atoms with Crippen molar-refractivity contribution in [2.24, 2.45) is 0 Å². The molecule has 0 aliphatic carbocycles. The van der Waals surface area contributed by atoms with Gasteiger partial charge in [-0.1, -0.05) is 55.1 Å². The molecule has 0 saturated carbocycles. The Balaban J connectivity index is 1.84. The molecule has 0 spiro atoms. The first kappa shape index (κ1) is 15.8. The third kappa shape index (κ3) is 4.75. The summed E-state index contributed by atoms with van der Waals surface area (Å²) >= 11 is 0. The molecule has 0 N–H and O–H groups in total. The van der Waals surface area contributed by atoms with Crippen molar-refractivity contribution in [2.45, 2.75) is 0 Å². The van der Waals surface area contributed by atoms with Crippen molar-refractivity contribution in [1.82, 2.24) is 0 Å². The highest BCUT2D eigenvalue weighted by molar-refractivity contribution is 5.81. The van der Waals surface area contributed by atoms with E-state index in [-0.39, 0.29) is 6.79 Å². The number of rotatable bonds is 8. The Morgan fingerprint density at radius 1 is 1.00 bits per heavy atom. The molecule has 0 fully saturated rings. The molecule has 0 bridgehead atoms. The van der Waals surface area contributed by atoms with E-state index in [0.717, 1.165) is 23.0 Å². The van der Waals surface area contributed by atoms with E-state index in [4.69, 9.17) is 14.2 Å². The molecule has 114 valence electrons. The molecule has 22 heavy (non-hydrogen) atoms. The van der Waals surface area contributed by atoms with E-state index in [1.807, 2.05) is 54.6 Å². The largest absolute Gasteiger partial charge is 0.491 e. The fourth-order valence-electron chi connectivity index (χ4n) is 1.88. The highest BCUT2D eigenvalue weighted by Gasteiger charge is 2.05. The highest BCUT2D eigenvalue weighted by Crippen LogP contribution is 2.29. The van der Waals surface area contributed by atoms with Gasteiger partial charge in [0.2, 0.25) is 0 Å². The third-order valence-electron chi connectivity index (χ3n) is 2.91. The van der Waals surface area contributed by atoms with E-state index in [0.29, 0.717) is 13.2 Å². The van der Waals surface area contributed by atoms with Crippen molar-refractivity contribution in [3.8, 4) is 16.9 Å². The summed E-state index contributed by atoms with van der Waals surface area (Å²) in [6.07, 6.45) is 1.09. The molecule has 2 rings (SSSR count). The van der Waals surface area contributed by atoms with E-state index in [1.165, 1.54) is 0 Å². The summed E-state index contributed by atoms with van der Waals surface area (Å²) in [5, 5.41) is 0. The molecule has 0 unspecified atom stereocenters. The van der Waals surface area contributed by atoms with Crippen LogP contribution in [-0.2, 0) is 14.3 Å². The highest BCUT2D eigenvalue weighted by atomic mass is 16.7. The SMILES string of the molecule is C=CC(=O)OCOCCOc1ccccc1-c1ccccc1. The van der Waals surface area contributed by atoms with Gasteiger partial charge in [0.25, 0.3) is 0 Å². The van der Waals surface area contributed by atoms with E-state index in [2.05, 4.69) is 6.58 Å². The predicted molar refractivity (Wildman–Crippen MR) is 84.5 cm³/mol. The first-order valence-corrected chi connectivity index (χ1v) is 6.95. The van der Waals surface area contributed by atoms with Crippen LogP contribution in [0.4, 0.5) is 0 Å². The standard InChI is InChI=1S/C18H18O4/c1-2-18(19)22-14-20-12-13-21-17-11-7-6-10-16(17)15-8-4-3-5-9-15/h2-11H,1,12-14H2. The van der Waals surface area contributed by atoms with Crippen LogP contribution in [0, 0.1) is 0 Å². The summed E-state index contributed by atoms with van der Waals surface area (Å²) in [5.74, 6) is 0.288. The molecule has 0 aliphatic rings. The van der Waals surface area contributed by atoms with E-state index in [9.17, 15) is 4.79 Å². The molecule has 0 atom stereocenters. The summed E-state index contributed by atoms with van der Waals surface area (Å²) in [6, 6.07) is 17.9. The van der Waals surface area contributed by atoms with E-state index >= 15 is 0 Å². The third-order valence-corrected chi connectivity index (χ3v) is 2.91. The van der Waals surface area contributed by atoms with Crippen molar-refractivity contribution in [2.75, 3.05) is 20.0 Å². The van der Waals surface area contributed by atoms with Gasteiger partial charge in [0.15, 0.2) is 6.79 Å². The topological polar surface area (TPSA) is 44.8 Å². The molecule has 4 nitrogen and oxygen atoms in total. The van der Waals surface area contributed by atoms with Gasteiger partial charge in [0.05, 0.1) is 6.61 Å². The van der Waals surface area contributed by atoms with Crippen molar-refractivity contribution < 1.29 is 19.0 Å². The van der Waals surface area contributed by atoms with Crippen molar-refractivity contribution in [1.29, 1.82) is 0 Å². The zero-order valence-corrected chi connectivity index (χ0v) is 12.2. The molecular formula is C18H18O4. The molecule has 0 aromatic heterocycles. The van der Waals surface area contributed by atoms with Gasteiger partial charge in [-0.05, 0) is 11.6 Å². The van der Waals surface area contributed by atoms with Crippen molar-refractivity contribution >= 4 is 5.97 Å². The lowest BCUT2D eigenvalue weighted by Gasteiger charge is -2.11. The summed E-state index contributed by atoms with van der Waals surface area (Å²) in [6.45, 7) is 3.89. The number of esters is 1. The van der Waals surface area contributed by atoms with Gasteiger partial charge in [-0.3, -0.25) is 0 Å². The van der Waals surface area contributed by atoms with Crippen LogP contribution in [0.5, 0.6) is 5.75 Å². The molecule has 0 aliphatic heterocycles. The fraction of sp³-hybridized carbons (Fsp3) is 0.167. The Morgan fingerprint density at radius 3 is 2.50 bits per heavy atom. The quantitative estimate of drug-likeness (QED) is 0.324. The normalized spacial score (nSPS) is 10.0. The summed E-state index contributed by atoms with van der Waals surface area (Å²) < 4.78 is 15.6. The number of benzene rings is 2. The van der Waals surface area contributed by atoms with Crippen molar-refractivity contribution in [3.63, 3.8) is 0 Å². The first-order chi connectivity index (χ1) is 10.8. The second-order valence-electron chi connectivity index (χ2n) is 4.40. The number of hydrogen-bond donors (Lipinski definition) is 0. The summed E-state index contributed by atoms with van der Waals surface area (Å²) in [5.41, 5.74) is 2.13. The molecule has 0 saturated heterocycles. The maximum absolute atomic E-state index is 10.8. The number of para-hydroxylation sites is 1. The summed E-state index contributed by atoms with van der Waals surface area (Å²) in [4.78, 5) is 10.8. The minimum atomic E-state index is -0.504. The van der Waals surface area contributed by atoms with Gasteiger partial charge in [-0.15, -0.1) is 0 Å². The van der Waals surface area contributed by atoms with Gasteiger partial charge in [-0.2, -0.15) is 0 Å². The first-order valence-electron chi connectivity index (χ1n) is 6.95. The molecule has 0 amide bonds. The zero-order valence-electron chi connectivity index (χ0n) is 12.2. The van der Waals surface area contributed by atoms with Crippen molar-refractivity contribution in [3.05, 3.63) is 67.3 Å². The molecule has 4 heteroatoms. The summed E-state index contributed by atoms with van der Waals surface area (Å²) in [7, 11) is 0. The van der Waals surface area contributed by atoms with Crippen LogP contribution < -0.4 is 4.74 Å². The Bertz CT molecular complexity index is 607. The second-order valence-corrected chi connectivity index (χ2v) is 4.40. The molecule has 0 heterocycles. The van der Waals surface area contributed by atoms with Gasteiger partial charge in [-0.25, -0.2) is 4.79 Å². The minimum Gasteiger partial charge on any atom is -0.491 e. The lowest BCUT2D eigenvalue weighted by molar-refractivity contribution is -0.150. The van der Waals surface area contributed by atoms with Crippen LogP contribution >= 0.6 is 0 Å². The maximum atomic E-state index is 10.8. The van der Waals surface area contributed by atoms with Gasteiger partial charge < -0.3 is 14.2 Å². The second kappa shape index (κ2) is 8.64. The van der Waals surface area contributed by atoms with E-state index < -0.39 is 5.97 Å². The average molecular weight is 298 g/mol. The average Bonchev–Trinajstić information content (AvgIpc) is 2.59. The Hall–Kier alpha value is -2.59. The lowest BCUT2D eigenvalue weighted by atomic mass is 10.1. The van der Waals surface area contributed by atoms with Crippen LogP contribution in [0.1, 0.15) is 0 Å². The number of carbonyl (C=O) groups is 1. The Kier molecular flexibility index (Phi) is 6.20. The van der Waals surface area contributed by atoms with Gasteiger partial charge in [0.1, 0.15) is 12.4 Å². The predicted octanol–water partition coefficient (Wildman–Crippen LogP) is 3.44. The molecule has 2 aromatic rings. The monoisotopic (exact) mass is 298 g/mol. The molecule has 2 aromatic carbocycles. The number of carbonyl (C=O) groups excluding carboxylic acids is 1.